The predicted octanol–water partition coefficient (Wildman–Crippen LogP) is 2.78. The number of carboxylic acid groups (broad SMARTS) is 1. The highest BCUT2D eigenvalue weighted by atomic mass is 127. The number of carboxylic acids is 1. The average molecular weight is 1050 g/mol. The van der Waals surface area contributed by atoms with Gasteiger partial charge < -0.3 is 69.6 Å². The Morgan fingerprint density at radius 1 is 0.530 bits per heavy atom. The Labute approximate surface area is 406 Å². The van der Waals surface area contributed by atoms with Crippen LogP contribution in [0.2, 0.25) is 0 Å². The number of ether oxygens (including phenoxy) is 8. The number of unbranched alkanes of at least 4 members (excludes halogenated alkanes) is 1. The smallest absolute Gasteiger partial charge is 0.303 e. The molecule has 0 spiro atoms. The molecule has 380 valence electrons. The third kappa shape index (κ3) is 38.0. The maximum Gasteiger partial charge on any atom is 0.303 e. The van der Waals surface area contributed by atoms with Crippen molar-refractivity contribution >= 4 is 52.2 Å². The van der Waals surface area contributed by atoms with Gasteiger partial charge in [0.2, 0.25) is 23.6 Å². The Morgan fingerprint density at radius 3 is 1.47 bits per heavy atom. The highest BCUT2D eigenvalue weighted by Crippen LogP contribution is 2.10. The molecule has 19 nitrogen and oxygen atoms in total. The lowest BCUT2D eigenvalue weighted by Crippen LogP contribution is -2.54. The Kier molecular flexibility index (Phi) is 39.9. The summed E-state index contributed by atoms with van der Waals surface area (Å²) in [6.07, 6.45) is 4.16. The fraction of sp³-hybridized carbons (Fsp3) is 0.761. The van der Waals surface area contributed by atoms with Crippen LogP contribution in [0.25, 0.3) is 0 Å². The first kappa shape index (κ1) is 61.0. The predicted molar refractivity (Wildman–Crippen MR) is 257 cm³/mol. The van der Waals surface area contributed by atoms with Gasteiger partial charge in [-0.1, -0.05) is 32.9 Å². The second kappa shape index (κ2) is 43.2. The number of carbonyl (C=O) groups excluding carboxylic acids is 4. The summed E-state index contributed by atoms with van der Waals surface area (Å²) in [5.41, 5.74) is 1.10. The topological polar surface area (TPSA) is 240 Å². The van der Waals surface area contributed by atoms with Crippen LogP contribution in [0, 0.1) is 3.57 Å². The van der Waals surface area contributed by atoms with E-state index in [1.54, 1.807) is 0 Å². The fourth-order valence-electron chi connectivity index (χ4n) is 5.90. The van der Waals surface area contributed by atoms with Crippen LogP contribution in [0.15, 0.2) is 24.3 Å². The Bertz CT molecular complexity index is 1400. The van der Waals surface area contributed by atoms with Gasteiger partial charge in [-0.25, -0.2) is 0 Å². The molecule has 0 aliphatic carbocycles. The van der Waals surface area contributed by atoms with E-state index in [2.05, 4.69) is 49.2 Å². The molecule has 6 N–H and O–H groups in total. The third-order valence-electron chi connectivity index (χ3n) is 9.38. The minimum atomic E-state index is -1.10. The quantitative estimate of drug-likeness (QED) is 0.0407. The normalized spacial score (nSPS) is 12.2. The maximum atomic E-state index is 13.4. The van der Waals surface area contributed by atoms with E-state index in [0.717, 1.165) is 28.5 Å². The van der Waals surface area contributed by atoms with Crippen LogP contribution in [-0.2, 0) is 68.3 Å². The van der Waals surface area contributed by atoms with Gasteiger partial charge in [-0.05, 0) is 91.8 Å². The molecule has 1 aromatic carbocycles. The van der Waals surface area contributed by atoms with Gasteiger partial charge in [0.25, 0.3) is 0 Å². The molecule has 0 fully saturated rings. The van der Waals surface area contributed by atoms with Crippen molar-refractivity contribution < 1.29 is 67.0 Å². The number of rotatable bonds is 46. The van der Waals surface area contributed by atoms with Crippen molar-refractivity contribution in [3.8, 4) is 0 Å². The number of hydrogen-bond acceptors (Lipinski definition) is 14. The Hall–Kier alpha value is -3.06. The van der Waals surface area contributed by atoms with Crippen molar-refractivity contribution in [2.24, 2.45) is 0 Å². The first-order valence-electron chi connectivity index (χ1n) is 23.5. The summed E-state index contributed by atoms with van der Waals surface area (Å²) in [6, 6.07) is 6.35. The summed E-state index contributed by atoms with van der Waals surface area (Å²) >= 11 is 2.23. The largest absolute Gasteiger partial charge is 0.481 e. The van der Waals surface area contributed by atoms with Gasteiger partial charge in [0.15, 0.2) is 0 Å². The highest BCUT2D eigenvalue weighted by Gasteiger charge is 2.27. The second-order valence-electron chi connectivity index (χ2n) is 15.5. The molecule has 0 saturated carbocycles. The first-order chi connectivity index (χ1) is 32.0. The van der Waals surface area contributed by atoms with Crippen LogP contribution in [0.4, 0.5) is 0 Å². The molecule has 0 saturated heterocycles. The number of aryl methyl sites for hydroxylation is 1. The molecule has 66 heavy (non-hydrogen) atoms. The molecule has 0 radical (unpaired) electrons. The third-order valence-corrected chi connectivity index (χ3v) is 10.1. The fourth-order valence-corrected chi connectivity index (χ4v) is 6.26. The lowest BCUT2D eigenvalue weighted by molar-refractivity contribution is -0.138. The van der Waals surface area contributed by atoms with Gasteiger partial charge in [0.05, 0.1) is 106 Å². The molecule has 0 bridgehead atoms. The van der Waals surface area contributed by atoms with Crippen LogP contribution in [0.1, 0.15) is 84.1 Å². The minimum Gasteiger partial charge on any atom is -0.481 e. The molecular formula is C46H80IN5O14. The van der Waals surface area contributed by atoms with E-state index in [-0.39, 0.29) is 50.1 Å². The van der Waals surface area contributed by atoms with Gasteiger partial charge in [0.1, 0.15) is 12.1 Å². The van der Waals surface area contributed by atoms with Crippen LogP contribution >= 0.6 is 22.6 Å². The van der Waals surface area contributed by atoms with Gasteiger partial charge in [-0.2, -0.15) is 0 Å². The van der Waals surface area contributed by atoms with E-state index in [9.17, 15) is 29.1 Å². The number of hydrogen-bond donors (Lipinski definition) is 6. The summed E-state index contributed by atoms with van der Waals surface area (Å²) in [7, 11) is 0. The maximum absolute atomic E-state index is 13.4. The van der Waals surface area contributed by atoms with Crippen molar-refractivity contribution in [3.63, 3.8) is 0 Å². The molecule has 0 aromatic heterocycles. The molecule has 20 heteroatoms. The standard InChI is InChI=1S/C46H80IN5O14/c1-4-8-42(53)49-19-21-59-23-25-61-27-29-63-31-33-65-35-36-66-34-32-64-30-28-62-26-24-60-22-20-50-45(57)40(10-5-6-18-48-37(2)3)52-46(58)41(16-17-44(55)56)51-43(54)11-7-9-38-12-14-39(47)15-13-38/h12-15,37,40-41,48H,4-11,16-36H2,1-3H3,(H,49,53)(H,50,57)(H,51,54)(H,52,58)(H,55,56)/t40-,41-/m0/s1. The lowest BCUT2D eigenvalue weighted by atomic mass is 10.1. The molecule has 0 heterocycles. The molecule has 1 rings (SSSR count). The molecule has 0 aliphatic heterocycles. The molecule has 0 unspecified atom stereocenters. The zero-order valence-corrected chi connectivity index (χ0v) is 41.8. The van der Waals surface area contributed by atoms with E-state index < -0.39 is 24.0 Å². The van der Waals surface area contributed by atoms with Gasteiger partial charge in [-0.15, -0.1) is 0 Å². The number of halogens is 1. The Morgan fingerprint density at radius 2 is 1.00 bits per heavy atom. The zero-order chi connectivity index (χ0) is 48.3. The molecule has 1 aromatic rings. The van der Waals surface area contributed by atoms with E-state index in [1.165, 1.54) is 0 Å². The monoisotopic (exact) mass is 1050 g/mol. The van der Waals surface area contributed by atoms with E-state index in [1.807, 2.05) is 45.0 Å². The summed E-state index contributed by atoms with van der Waals surface area (Å²) in [4.78, 5) is 62.3. The number of aliphatic carboxylic acids is 1. The first-order valence-corrected chi connectivity index (χ1v) is 24.5. The highest BCUT2D eigenvalue weighted by molar-refractivity contribution is 14.1. The van der Waals surface area contributed by atoms with Crippen molar-refractivity contribution in [2.45, 2.75) is 103 Å². The molecule has 0 aliphatic rings. The van der Waals surface area contributed by atoms with E-state index in [4.69, 9.17) is 37.9 Å². The van der Waals surface area contributed by atoms with Crippen molar-refractivity contribution in [1.29, 1.82) is 0 Å². The summed E-state index contributed by atoms with van der Waals surface area (Å²) in [5, 5.41) is 23.7. The van der Waals surface area contributed by atoms with Crippen molar-refractivity contribution in [1.82, 2.24) is 26.6 Å². The second-order valence-corrected chi connectivity index (χ2v) is 16.7. The number of nitrogens with one attached hydrogen (secondary N) is 5. The van der Waals surface area contributed by atoms with Crippen LogP contribution < -0.4 is 26.6 Å². The van der Waals surface area contributed by atoms with E-state index in [0.29, 0.717) is 144 Å². The SMILES string of the molecule is CCCC(=O)NCCOCCOCCOCCOCCOCCOCCOCCOCCNC(=O)[C@H](CCCCNC(C)C)NC(=O)[C@H](CCC(=O)O)NC(=O)CCCc1ccc(I)cc1. The van der Waals surface area contributed by atoms with Crippen LogP contribution in [-0.4, -0.2) is 178 Å². The average Bonchev–Trinajstić information content (AvgIpc) is 3.28. The summed E-state index contributed by atoms with van der Waals surface area (Å²) < 4.78 is 45.1. The van der Waals surface area contributed by atoms with Gasteiger partial charge >= 0.3 is 5.97 Å². The van der Waals surface area contributed by atoms with Gasteiger partial charge in [-0.3, -0.25) is 24.0 Å². The molecule has 2 atom stereocenters. The Balaban J connectivity index is 2.18. The number of amides is 4. The number of benzene rings is 1. The van der Waals surface area contributed by atoms with Gasteiger partial charge in [0, 0.05) is 42.0 Å². The van der Waals surface area contributed by atoms with E-state index >= 15 is 0 Å². The van der Waals surface area contributed by atoms with Crippen LogP contribution in [0.5, 0.6) is 0 Å². The molecule has 4 amide bonds. The van der Waals surface area contributed by atoms with Crippen molar-refractivity contribution in [3.05, 3.63) is 33.4 Å². The number of carbonyl (C=O) groups is 5. The molecular weight excluding hydrogens is 973 g/mol. The lowest BCUT2D eigenvalue weighted by Gasteiger charge is -2.23. The minimum absolute atomic E-state index is 0.0444. The zero-order valence-electron chi connectivity index (χ0n) is 39.7. The summed E-state index contributed by atoms with van der Waals surface area (Å²) in [5.74, 6) is -2.39. The van der Waals surface area contributed by atoms with Crippen molar-refractivity contribution in [2.75, 3.05) is 125 Å². The summed E-state index contributed by atoms with van der Waals surface area (Å²) in [6.45, 7) is 14.2. The van der Waals surface area contributed by atoms with Crippen LogP contribution in [0.3, 0.4) is 0 Å².